The van der Waals surface area contributed by atoms with Gasteiger partial charge in [0.1, 0.15) is 0 Å². The molecule has 1 N–H and O–H groups in total. The Bertz CT molecular complexity index is 728. The van der Waals surface area contributed by atoms with Gasteiger partial charge in [-0.05, 0) is 30.5 Å². The standard InChI is InChI=1S/C18H23N5O2/c1-14-9-21-23(11-14)7-3-6-20-18(25)16-8-17(24)22(13-16)12-15-4-2-5-19-10-15/h2,4-5,9-11,16H,3,6-8,12-13H2,1H3,(H,20,25). The number of pyridine rings is 1. The van der Waals surface area contributed by atoms with Crippen molar-refractivity contribution in [3.05, 3.63) is 48.0 Å². The lowest BCUT2D eigenvalue weighted by atomic mass is 10.1. The monoisotopic (exact) mass is 341 g/mol. The summed E-state index contributed by atoms with van der Waals surface area (Å²) in [6, 6.07) is 3.78. The minimum atomic E-state index is -0.267. The first-order valence-corrected chi connectivity index (χ1v) is 8.55. The average molecular weight is 341 g/mol. The molecule has 1 saturated heterocycles. The van der Waals surface area contributed by atoms with Crippen LogP contribution >= 0.6 is 0 Å². The van der Waals surface area contributed by atoms with E-state index in [1.54, 1.807) is 17.3 Å². The van der Waals surface area contributed by atoms with Gasteiger partial charge in [0, 0.05) is 51.2 Å². The Morgan fingerprint density at radius 3 is 3.00 bits per heavy atom. The van der Waals surface area contributed by atoms with Crippen LogP contribution in [0.1, 0.15) is 24.0 Å². The molecule has 1 aliphatic heterocycles. The topological polar surface area (TPSA) is 80.1 Å². The highest BCUT2D eigenvalue weighted by molar-refractivity contribution is 5.89. The summed E-state index contributed by atoms with van der Waals surface area (Å²) >= 11 is 0. The van der Waals surface area contributed by atoms with E-state index in [1.807, 2.05) is 36.1 Å². The average Bonchev–Trinajstić information content (AvgIpc) is 3.18. The van der Waals surface area contributed by atoms with Crippen LogP contribution in [0.4, 0.5) is 0 Å². The molecule has 0 aromatic carbocycles. The van der Waals surface area contributed by atoms with Gasteiger partial charge in [-0.25, -0.2) is 0 Å². The van der Waals surface area contributed by atoms with Crippen molar-refractivity contribution in [2.24, 2.45) is 5.92 Å². The maximum absolute atomic E-state index is 12.3. The summed E-state index contributed by atoms with van der Waals surface area (Å²) < 4.78 is 1.87. The molecule has 0 radical (unpaired) electrons. The maximum atomic E-state index is 12.3. The zero-order valence-electron chi connectivity index (χ0n) is 14.4. The number of nitrogens with zero attached hydrogens (tertiary/aromatic N) is 4. The summed E-state index contributed by atoms with van der Waals surface area (Å²) in [6.45, 7) is 4.34. The van der Waals surface area contributed by atoms with E-state index in [0.29, 0.717) is 19.6 Å². The van der Waals surface area contributed by atoms with Crippen LogP contribution in [0.5, 0.6) is 0 Å². The molecule has 1 aliphatic rings. The van der Waals surface area contributed by atoms with Crippen LogP contribution in [0.2, 0.25) is 0 Å². The number of hydrogen-bond donors (Lipinski definition) is 1. The van der Waals surface area contributed by atoms with Gasteiger partial charge in [0.15, 0.2) is 0 Å². The normalized spacial score (nSPS) is 17.1. The number of aromatic nitrogens is 3. The van der Waals surface area contributed by atoms with Gasteiger partial charge < -0.3 is 10.2 Å². The third kappa shape index (κ3) is 4.65. The van der Waals surface area contributed by atoms with Crippen LogP contribution in [0.15, 0.2) is 36.9 Å². The van der Waals surface area contributed by atoms with Gasteiger partial charge in [-0.2, -0.15) is 5.10 Å². The molecule has 2 aromatic rings. The van der Waals surface area contributed by atoms with E-state index in [9.17, 15) is 9.59 Å². The Balaban J connectivity index is 1.41. The predicted octanol–water partition coefficient (Wildman–Crippen LogP) is 1.14. The molecule has 0 bridgehead atoms. The number of carbonyl (C=O) groups excluding carboxylic acids is 2. The fourth-order valence-electron chi connectivity index (χ4n) is 3.00. The smallest absolute Gasteiger partial charge is 0.225 e. The summed E-state index contributed by atoms with van der Waals surface area (Å²) in [6.07, 6.45) is 8.35. The van der Waals surface area contributed by atoms with E-state index < -0.39 is 0 Å². The molecule has 1 atom stereocenters. The van der Waals surface area contributed by atoms with Crippen LogP contribution in [0.25, 0.3) is 0 Å². The van der Waals surface area contributed by atoms with Crippen molar-refractivity contribution in [1.29, 1.82) is 0 Å². The molecule has 0 aliphatic carbocycles. The Hall–Kier alpha value is -2.70. The molecule has 132 valence electrons. The maximum Gasteiger partial charge on any atom is 0.225 e. The molecule has 1 fully saturated rings. The molecule has 7 nitrogen and oxygen atoms in total. The van der Waals surface area contributed by atoms with E-state index >= 15 is 0 Å². The van der Waals surface area contributed by atoms with Crippen molar-refractivity contribution < 1.29 is 9.59 Å². The lowest BCUT2D eigenvalue weighted by Gasteiger charge is -2.16. The number of rotatable bonds is 7. The van der Waals surface area contributed by atoms with Gasteiger partial charge in [-0.3, -0.25) is 19.3 Å². The fourth-order valence-corrected chi connectivity index (χ4v) is 3.00. The molecule has 0 spiro atoms. The van der Waals surface area contributed by atoms with Crippen LogP contribution in [-0.4, -0.2) is 44.6 Å². The first-order chi connectivity index (χ1) is 12.1. The predicted molar refractivity (Wildman–Crippen MR) is 92.4 cm³/mol. The van der Waals surface area contributed by atoms with Crippen molar-refractivity contribution in [1.82, 2.24) is 25.0 Å². The van der Waals surface area contributed by atoms with Crippen LogP contribution in [-0.2, 0) is 22.7 Å². The van der Waals surface area contributed by atoms with Crippen molar-refractivity contribution >= 4 is 11.8 Å². The highest BCUT2D eigenvalue weighted by Crippen LogP contribution is 2.20. The molecular weight excluding hydrogens is 318 g/mol. The molecule has 7 heteroatoms. The van der Waals surface area contributed by atoms with E-state index in [0.717, 1.165) is 24.1 Å². The van der Waals surface area contributed by atoms with E-state index in [1.165, 1.54) is 0 Å². The van der Waals surface area contributed by atoms with Crippen molar-refractivity contribution in [3.8, 4) is 0 Å². The lowest BCUT2D eigenvalue weighted by Crippen LogP contribution is -2.33. The molecule has 2 amide bonds. The number of likely N-dealkylation sites (tertiary alicyclic amines) is 1. The molecule has 3 rings (SSSR count). The highest BCUT2D eigenvalue weighted by Gasteiger charge is 2.33. The van der Waals surface area contributed by atoms with Gasteiger partial charge in [-0.15, -0.1) is 0 Å². The summed E-state index contributed by atoms with van der Waals surface area (Å²) in [4.78, 5) is 30.2. The number of aryl methyl sites for hydroxylation is 2. The quantitative estimate of drug-likeness (QED) is 0.766. The Morgan fingerprint density at radius 1 is 1.40 bits per heavy atom. The van der Waals surface area contributed by atoms with Crippen molar-refractivity contribution in [2.75, 3.05) is 13.1 Å². The largest absolute Gasteiger partial charge is 0.356 e. The minimum Gasteiger partial charge on any atom is -0.356 e. The molecule has 3 heterocycles. The third-order valence-corrected chi connectivity index (χ3v) is 4.31. The molecule has 25 heavy (non-hydrogen) atoms. The van der Waals surface area contributed by atoms with E-state index in [4.69, 9.17) is 0 Å². The first kappa shape index (κ1) is 17.1. The minimum absolute atomic E-state index is 0.0241. The summed E-state index contributed by atoms with van der Waals surface area (Å²) in [5.41, 5.74) is 2.11. The van der Waals surface area contributed by atoms with Gasteiger partial charge in [0.05, 0.1) is 12.1 Å². The second-order valence-electron chi connectivity index (χ2n) is 6.46. The second-order valence-corrected chi connectivity index (χ2v) is 6.46. The van der Waals surface area contributed by atoms with E-state index in [-0.39, 0.29) is 24.2 Å². The number of nitrogens with one attached hydrogen (secondary N) is 1. The lowest BCUT2D eigenvalue weighted by molar-refractivity contribution is -0.129. The summed E-state index contributed by atoms with van der Waals surface area (Å²) in [7, 11) is 0. The third-order valence-electron chi connectivity index (χ3n) is 4.31. The SMILES string of the molecule is Cc1cnn(CCCNC(=O)C2CC(=O)N(Cc3cccnc3)C2)c1. The second kappa shape index (κ2) is 7.92. The molecule has 2 aromatic heterocycles. The fraction of sp³-hybridized carbons (Fsp3) is 0.444. The van der Waals surface area contributed by atoms with Gasteiger partial charge in [0.25, 0.3) is 0 Å². The Morgan fingerprint density at radius 2 is 2.28 bits per heavy atom. The summed E-state index contributed by atoms with van der Waals surface area (Å²) in [5.74, 6) is -0.286. The molecule has 0 saturated carbocycles. The van der Waals surface area contributed by atoms with Crippen LogP contribution in [0, 0.1) is 12.8 Å². The number of amides is 2. The Labute approximate surface area is 147 Å². The van der Waals surface area contributed by atoms with Crippen molar-refractivity contribution in [3.63, 3.8) is 0 Å². The van der Waals surface area contributed by atoms with E-state index in [2.05, 4.69) is 15.4 Å². The van der Waals surface area contributed by atoms with Gasteiger partial charge in [0.2, 0.25) is 11.8 Å². The zero-order chi connectivity index (χ0) is 17.6. The Kier molecular flexibility index (Phi) is 5.42. The number of hydrogen-bond acceptors (Lipinski definition) is 4. The first-order valence-electron chi connectivity index (χ1n) is 8.55. The van der Waals surface area contributed by atoms with Crippen LogP contribution in [0.3, 0.4) is 0 Å². The number of carbonyl (C=O) groups is 2. The molecular formula is C18H23N5O2. The summed E-state index contributed by atoms with van der Waals surface area (Å²) in [5, 5.41) is 7.15. The molecule has 1 unspecified atom stereocenters. The van der Waals surface area contributed by atoms with Crippen molar-refractivity contribution in [2.45, 2.75) is 32.9 Å². The zero-order valence-corrected chi connectivity index (χ0v) is 14.4. The van der Waals surface area contributed by atoms with Crippen LogP contribution < -0.4 is 5.32 Å². The van der Waals surface area contributed by atoms with Gasteiger partial charge >= 0.3 is 0 Å². The highest BCUT2D eigenvalue weighted by atomic mass is 16.2. The van der Waals surface area contributed by atoms with Gasteiger partial charge in [-0.1, -0.05) is 6.07 Å².